The number of hydrogen-bond acceptors (Lipinski definition) is 3. The van der Waals surface area contributed by atoms with Crippen LogP contribution in [0.4, 0.5) is 4.39 Å². The van der Waals surface area contributed by atoms with Crippen molar-refractivity contribution in [2.24, 2.45) is 0 Å². The second-order valence-electron chi connectivity index (χ2n) is 2.53. The van der Waals surface area contributed by atoms with Gasteiger partial charge in [0.05, 0.1) is 0 Å². The first-order chi connectivity index (χ1) is 6.79. The van der Waals surface area contributed by atoms with Crippen molar-refractivity contribution in [3.05, 3.63) is 41.1 Å². The van der Waals surface area contributed by atoms with Crippen LogP contribution in [0, 0.1) is 5.82 Å². The summed E-state index contributed by atoms with van der Waals surface area (Å²) in [5, 5.41) is 0. The van der Waals surface area contributed by atoms with Crippen LogP contribution in [0.15, 0.2) is 35.3 Å². The number of aromatic nitrogens is 3. The zero-order valence-corrected chi connectivity index (χ0v) is 8.57. The van der Waals surface area contributed by atoms with E-state index >= 15 is 0 Å². The molecule has 70 valence electrons. The average molecular weight is 254 g/mol. The van der Waals surface area contributed by atoms with Crippen LogP contribution in [-0.2, 0) is 0 Å². The van der Waals surface area contributed by atoms with E-state index in [0.717, 1.165) is 0 Å². The number of hydrogen-bond donors (Lipinski definition) is 0. The van der Waals surface area contributed by atoms with Gasteiger partial charge in [0, 0.05) is 18.6 Å². The molecule has 0 saturated heterocycles. The van der Waals surface area contributed by atoms with Gasteiger partial charge in [-0.2, -0.15) is 0 Å². The summed E-state index contributed by atoms with van der Waals surface area (Å²) in [6, 6.07) is 2.87. The Balaban J connectivity index is 2.61. The van der Waals surface area contributed by atoms with Gasteiger partial charge in [0.1, 0.15) is 16.0 Å². The third kappa shape index (κ3) is 1.63. The first kappa shape index (κ1) is 9.21. The zero-order valence-electron chi connectivity index (χ0n) is 6.98. The van der Waals surface area contributed by atoms with Crippen LogP contribution in [0.3, 0.4) is 0 Å². The lowest BCUT2D eigenvalue weighted by atomic mass is 10.3. The molecule has 2 aromatic heterocycles. The fourth-order valence-corrected chi connectivity index (χ4v) is 1.45. The second kappa shape index (κ2) is 3.79. The molecule has 0 aliphatic rings. The van der Waals surface area contributed by atoms with Crippen LogP contribution in [0.2, 0.25) is 0 Å². The van der Waals surface area contributed by atoms with Crippen molar-refractivity contribution in [1.29, 1.82) is 0 Å². The molecule has 2 rings (SSSR count). The molecule has 0 N–H and O–H groups in total. The molecule has 5 heteroatoms. The van der Waals surface area contributed by atoms with E-state index in [4.69, 9.17) is 0 Å². The van der Waals surface area contributed by atoms with Gasteiger partial charge in [-0.25, -0.2) is 9.37 Å². The molecule has 0 radical (unpaired) electrons. The van der Waals surface area contributed by atoms with Crippen molar-refractivity contribution in [1.82, 2.24) is 15.0 Å². The summed E-state index contributed by atoms with van der Waals surface area (Å²) in [6.07, 6.45) is 4.53. The van der Waals surface area contributed by atoms with Crippen molar-refractivity contribution in [2.75, 3.05) is 0 Å². The van der Waals surface area contributed by atoms with Gasteiger partial charge in [0.15, 0.2) is 5.82 Å². The van der Waals surface area contributed by atoms with Crippen LogP contribution in [0.1, 0.15) is 0 Å². The highest BCUT2D eigenvalue weighted by atomic mass is 79.9. The predicted molar refractivity (Wildman–Crippen MR) is 52.9 cm³/mol. The normalized spacial score (nSPS) is 10.1. The number of halogens is 2. The molecule has 2 heterocycles. The minimum Gasteiger partial charge on any atom is -0.251 e. The monoisotopic (exact) mass is 253 g/mol. The zero-order chi connectivity index (χ0) is 9.97. The third-order valence-electron chi connectivity index (χ3n) is 1.64. The van der Waals surface area contributed by atoms with E-state index in [2.05, 4.69) is 30.9 Å². The molecule has 14 heavy (non-hydrogen) atoms. The van der Waals surface area contributed by atoms with Gasteiger partial charge in [-0.15, -0.1) is 0 Å². The lowest BCUT2D eigenvalue weighted by molar-refractivity contribution is 0.624. The first-order valence-corrected chi connectivity index (χ1v) is 4.66. The highest BCUT2D eigenvalue weighted by Crippen LogP contribution is 2.23. The van der Waals surface area contributed by atoms with Crippen molar-refractivity contribution in [3.8, 4) is 11.4 Å². The minimum atomic E-state index is -0.409. The summed E-state index contributed by atoms with van der Waals surface area (Å²) >= 11 is 3.19. The Morgan fingerprint density at radius 2 is 1.71 bits per heavy atom. The summed E-state index contributed by atoms with van der Waals surface area (Å²) in [5.74, 6) is -0.409. The Morgan fingerprint density at radius 1 is 1.00 bits per heavy atom. The van der Waals surface area contributed by atoms with Crippen molar-refractivity contribution in [3.63, 3.8) is 0 Å². The molecule has 0 aliphatic carbocycles. The molecule has 2 aromatic rings. The van der Waals surface area contributed by atoms with E-state index in [9.17, 15) is 4.39 Å². The van der Waals surface area contributed by atoms with Gasteiger partial charge in [-0.1, -0.05) is 0 Å². The van der Waals surface area contributed by atoms with Crippen LogP contribution >= 0.6 is 15.9 Å². The lowest BCUT2D eigenvalue weighted by Gasteiger charge is -2.01. The Kier molecular flexibility index (Phi) is 2.49. The summed E-state index contributed by atoms with van der Waals surface area (Å²) < 4.78 is 13.8. The third-order valence-corrected chi connectivity index (χ3v) is 2.22. The lowest BCUT2D eigenvalue weighted by Crippen LogP contribution is -1.93. The van der Waals surface area contributed by atoms with Crippen molar-refractivity contribution >= 4 is 15.9 Å². The molecule has 0 fully saturated rings. The Labute approximate surface area is 88.2 Å². The summed E-state index contributed by atoms with van der Waals surface area (Å²) in [5.41, 5.74) is 0.609. The van der Waals surface area contributed by atoms with E-state index in [0.29, 0.717) is 10.3 Å². The van der Waals surface area contributed by atoms with E-state index in [-0.39, 0.29) is 5.69 Å². The maximum absolute atomic E-state index is 13.3. The predicted octanol–water partition coefficient (Wildman–Crippen LogP) is 2.44. The van der Waals surface area contributed by atoms with Gasteiger partial charge in [0.2, 0.25) is 0 Å². The summed E-state index contributed by atoms with van der Waals surface area (Å²) in [7, 11) is 0. The summed E-state index contributed by atoms with van der Waals surface area (Å²) in [4.78, 5) is 11.8. The maximum atomic E-state index is 13.3. The Bertz CT molecular complexity index is 418. The smallest absolute Gasteiger partial charge is 0.151 e. The molecule has 0 bridgehead atoms. The molecule has 0 saturated carbocycles. The standard InChI is InChI=1S/C9H5BrFN3/c10-9-8(13-4-5-14-9)7-6(11)2-1-3-12-7/h1-5H. The Hall–Kier alpha value is -1.36. The van der Waals surface area contributed by atoms with E-state index < -0.39 is 5.82 Å². The topological polar surface area (TPSA) is 38.7 Å². The highest BCUT2D eigenvalue weighted by molar-refractivity contribution is 9.10. The molecule has 0 amide bonds. The van der Waals surface area contributed by atoms with Crippen molar-refractivity contribution in [2.45, 2.75) is 0 Å². The highest BCUT2D eigenvalue weighted by Gasteiger charge is 2.10. The molecule has 0 atom stereocenters. The quantitative estimate of drug-likeness (QED) is 0.784. The van der Waals surface area contributed by atoms with Crippen LogP contribution < -0.4 is 0 Å². The molecule has 0 unspecified atom stereocenters. The SMILES string of the molecule is Fc1cccnc1-c1nccnc1Br. The van der Waals surface area contributed by atoms with E-state index in [1.165, 1.54) is 30.7 Å². The molecule has 0 spiro atoms. The molecule has 3 nitrogen and oxygen atoms in total. The minimum absolute atomic E-state index is 0.201. The fourth-order valence-electron chi connectivity index (χ4n) is 1.04. The number of pyridine rings is 1. The van der Waals surface area contributed by atoms with E-state index in [1.54, 1.807) is 0 Å². The van der Waals surface area contributed by atoms with Crippen LogP contribution in [0.25, 0.3) is 11.4 Å². The van der Waals surface area contributed by atoms with Crippen LogP contribution in [-0.4, -0.2) is 15.0 Å². The van der Waals surface area contributed by atoms with Gasteiger partial charge in [-0.05, 0) is 28.1 Å². The maximum Gasteiger partial charge on any atom is 0.151 e. The first-order valence-electron chi connectivity index (χ1n) is 3.86. The molecular weight excluding hydrogens is 249 g/mol. The molecular formula is C9H5BrFN3. The number of rotatable bonds is 1. The van der Waals surface area contributed by atoms with Gasteiger partial charge in [0.25, 0.3) is 0 Å². The Morgan fingerprint density at radius 3 is 2.43 bits per heavy atom. The van der Waals surface area contributed by atoms with Gasteiger partial charge in [-0.3, -0.25) is 9.97 Å². The van der Waals surface area contributed by atoms with Crippen LogP contribution in [0.5, 0.6) is 0 Å². The second-order valence-corrected chi connectivity index (χ2v) is 3.28. The molecule has 0 aliphatic heterocycles. The summed E-state index contributed by atoms with van der Waals surface area (Å²) in [6.45, 7) is 0. The van der Waals surface area contributed by atoms with E-state index in [1.807, 2.05) is 0 Å². The largest absolute Gasteiger partial charge is 0.251 e. The number of nitrogens with zero attached hydrogens (tertiary/aromatic N) is 3. The van der Waals surface area contributed by atoms with Gasteiger partial charge < -0.3 is 0 Å². The van der Waals surface area contributed by atoms with Gasteiger partial charge >= 0.3 is 0 Å². The fraction of sp³-hybridized carbons (Fsp3) is 0. The molecule has 0 aromatic carbocycles. The van der Waals surface area contributed by atoms with Crippen molar-refractivity contribution < 1.29 is 4.39 Å². The average Bonchev–Trinajstić information content (AvgIpc) is 2.20.